The van der Waals surface area contributed by atoms with Crippen LogP contribution in [0.5, 0.6) is 0 Å². The van der Waals surface area contributed by atoms with Crippen LogP contribution in [0.3, 0.4) is 0 Å². The molecule has 2 atom stereocenters. The van der Waals surface area contributed by atoms with Gasteiger partial charge in [-0.3, -0.25) is 4.57 Å². The van der Waals surface area contributed by atoms with Gasteiger partial charge >= 0.3 is 0 Å². The molecule has 1 N–H and O–H groups in total. The third kappa shape index (κ3) is 2.59. The zero-order chi connectivity index (χ0) is 13.3. The zero-order valence-electron chi connectivity index (χ0n) is 10.9. The number of halogens is 1. The van der Waals surface area contributed by atoms with Crippen LogP contribution >= 0.6 is 23.8 Å². The van der Waals surface area contributed by atoms with E-state index in [1.165, 1.54) is 6.42 Å². The minimum absolute atomic E-state index is 0.342. The summed E-state index contributed by atoms with van der Waals surface area (Å²) in [5.41, 5.74) is 1.80. The van der Waals surface area contributed by atoms with E-state index < -0.39 is 0 Å². The first-order valence-corrected chi connectivity index (χ1v) is 7.07. The van der Waals surface area contributed by atoms with Gasteiger partial charge < -0.3 is 4.98 Å². The summed E-state index contributed by atoms with van der Waals surface area (Å²) in [4.78, 5) is 7.56. The highest BCUT2D eigenvalue weighted by Crippen LogP contribution is 2.25. The number of H-pyrrole nitrogens is 1. The van der Waals surface area contributed by atoms with E-state index in [0.29, 0.717) is 17.0 Å². The highest BCUT2D eigenvalue weighted by atomic mass is 35.5. The summed E-state index contributed by atoms with van der Waals surface area (Å²) >= 11 is 11.3. The summed E-state index contributed by atoms with van der Waals surface area (Å²) in [6.07, 6.45) is 3.94. The third-order valence-electron chi connectivity index (χ3n) is 3.40. The molecule has 0 amide bonds. The van der Waals surface area contributed by atoms with Gasteiger partial charge in [0.05, 0.1) is 10.5 Å². The van der Waals surface area contributed by atoms with Crippen LogP contribution in [0.1, 0.15) is 39.7 Å². The first-order chi connectivity index (χ1) is 8.52. The highest BCUT2D eigenvalue weighted by Gasteiger charge is 2.14. The van der Waals surface area contributed by atoms with Gasteiger partial charge in [-0.1, -0.05) is 31.9 Å². The van der Waals surface area contributed by atoms with E-state index >= 15 is 0 Å². The Morgan fingerprint density at radius 3 is 2.89 bits per heavy atom. The van der Waals surface area contributed by atoms with Crippen molar-refractivity contribution in [3.63, 3.8) is 0 Å². The molecule has 0 bridgehead atoms. The molecule has 0 aromatic carbocycles. The maximum atomic E-state index is 5.94. The van der Waals surface area contributed by atoms with Gasteiger partial charge in [0.25, 0.3) is 0 Å². The zero-order valence-corrected chi connectivity index (χ0v) is 12.5. The maximum Gasteiger partial charge on any atom is 0.179 e. The lowest BCUT2D eigenvalue weighted by atomic mass is 10.0. The van der Waals surface area contributed by atoms with Crippen LogP contribution in [0.25, 0.3) is 11.2 Å². The summed E-state index contributed by atoms with van der Waals surface area (Å²) in [6, 6.07) is 2.21. The highest BCUT2D eigenvalue weighted by molar-refractivity contribution is 7.71. The van der Waals surface area contributed by atoms with Crippen molar-refractivity contribution >= 4 is 35.0 Å². The predicted octanol–water partition coefficient (Wildman–Crippen LogP) is 4.74. The Bertz CT molecular complexity index is 602. The van der Waals surface area contributed by atoms with E-state index in [4.69, 9.17) is 23.8 Å². The largest absolute Gasteiger partial charge is 0.329 e. The molecule has 0 aliphatic carbocycles. The minimum atomic E-state index is 0.342. The van der Waals surface area contributed by atoms with Crippen molar-refractivity contribution in [1.29, 1.82) is 0 Å². The first kappa shape index (κ1) is 13.6. The Morgan fingerprint density at radius 1 is 1.50 bits per heavy atom. The van der Waals surface area contributed by atoms with Crippen LogP contribution < -0.4 is 0 Å². The monoisotopic (exact) mass is 283 g/mol. The second-order valence-electron chi connectivity index (χ2n) is 4.92. The minimum Gasteiger partial charge on any atom is -0.329 e. The summed E-state index contributed by atoms with van der Waals surface area (Å²) in [5, 5.41) is 0.625. The van der Waals surface area contributed by atoms with Crippen molar-refractivity contribution in [2.45, 2.75) is 39.7 Å². The SMILES string of the molecule is CCC(C)CC(C)n1c(=S)[nH]c2cc(Cl)cnc21. The average Bonchev–Trinajstić information content (AvgIpc) is 2.63. The van der Waals surface area contributed by atoms with Crippen molar-refractivity contribution in [3.05, 3.63) is 22.1 Å². The van der Waals surface area contributed by atoms with Gasteiger partial charge in [0.15, 0.2) is 10.4 Å². The topological polar surface area (TPSA) is 33.6 Å². The average molecular weight is 284 g/mol. The van der Waals surface area contributed by atoms with Crippen LogP contribution in [0.4, 0.5) is 0 Å². The van der Waals surface area contributed by atoms with Crippen LogP contribution in [0, 0.1) is 10.7 Å². The van der Waals surface area contributed by atoms with E-state index in [9.17, 15) is 0 Å². The molecule has 2 heterocycles. The maximum absolute atomic E-state index is 5.94. The Balaban J connectivity index is 2.44. The molecule has 0 aliphatic rings. The summed E-state index contributed by atoms with van der Waals surface area (Å²) < 4.78 is 2.81. The van der Waals surface area contributed by atoms with Crippen LogP contribution in [-0.4, -0.2) is 14.5 Å². The van der Waals surface area contributed by atoms with Crippen molar-refractivity contribution in [3.8, 4) is 0 Å². The Labute approximate surface area is 117 Å². The molecule has 0 fully saturated rings. The van der Waals surface area contributed by atoms with Gasteiger partial charge in [-0.05, 0) is 37.5 Å². The third-order valence-corrected chi connectivity index (χ3v) is 3.91. The normalized spacial score (nSPS) is 14.9. The van der Waals surface area contributed by atoms with E-state index in [1.807, 2.05) is 6.07 Å². The summed E-state index contributed by atoms with van der Waals surface area (Å²) in [7, 11) is 0. The molecule has 2 aromatic rings. The summed E-state index contributed by atoms with van der Waals surface area (Å²) in [5.74, 6) is 0.680. The molecule has 0 saturated heterocycles. The lowest BCUT2D eigenvalue weighted by Crippen LogP contribution is -2.09. The second-order valence-corrected chi connectivity index (χ2v) is 5.75. The lowest BCUT2D eigenvalue weighted by molar-refractivity contribution is 0.401. The molecule has 18 heavy (non-hydrogen) atoms. The number of pyridine rings is 1. The Morgan fingerprint density at radius 2 is 2.22 bits per heavy atom. The van der Waals surface area contributed by atoms with Gasteiger partial charge in [0.1, 0.15) is 0 Å². The first-order valence-electron chi connectivity index (χ1n) is 6.28. The fourth-order valence-electron chi connectivity index (χ4n) is 2.25. The molecule has 98 valence electrons. The number of nitrogens with one attached hydrogen (secondary N) is 1. The van der Waals surface area contributed by atoms with Gasteiger partial charge in [0, 0.05) is 12.2 Å². The van der Waals surface area contributed by atoms with Crippen molar-refractivity contribution in [2.75, 3.05) is 0 Å². The molecule has 0 radical (unpaired) electrons. The second kappa shape index (κ2) is 5.41. The molecule has 5 heteroatoms. The molecule has 0 saturated carbocycles. The molecule has 2 aromatic heterocycles. The molecular formula is C13H18ClN3S. The number of hydrogen-bond donors (Lipinski definition) is 1. The van der Waals surface area contributed by atoms with Crippen molar-refractivity contribution < 1.29 is 0 Å². The number of rotatable bonds is 4. The molecular weight excluding hydrogens is 266 g/mol. The van der Waals surface area contributed by atoms with Crippen LogP contribution in [0.15, 0.2) is 12.3 Å². The predicted molar refractivity (Wildman–Crippen MR) is 78.7 cm³/mol. The van der Waals surface area contributed by atoms with E-state index in [-0.39, 0.29) is 0 Å². The van der Waals surface area contributed by atoms with Crippen LogP contribution in [0.2, 0.25) is 5.02 Å². The number of imidazole rings is 1. The Kier molecular flexibility index (Phi) is 4.07. The number of hydrogen-bond acceptors (Lipinski definition) is 2. The lowest BCUT2D eigenvalue weighted by Gasteiger charge is -2.17. The number of aromatic amines is 1. The summed E-state index contributed by atoms with van der Waals surface area (Å²) in [6.45, 7) is 6.66. The van der Waals surface area contributed by atoms with E-state index in [2.05, 4.69) is 35.3 Å². The molecule has 0 aliphatic heterocycles. The van der Waals surface area contributed by atoms with E-state index in [0.717, 1.165) is 22.4 Å². The number of aromatic nitrogens is 3. The number of fused-ring (bicyclic) bond motifs is 1. The van der Waals surface area contributed by atoms with Crippen LogP contribution in [-0.2, 0) is 0 Å². The molecule has 2 rings (SSSR count). The van der Waals surface area contributed by atoms with Gasteiger partial charge in [-0.15, -0.1) is 0 Å². The smallest absolute Gasteiger partial charge is 0.179 e. The quantitative estimate of drug-likeness (QED) is 0.822. The fraction of sp³-hybridized carbons (Fsp3) is 0.538. The standard InChI is InChI=1S/C13H18ClN3S/c1-4-8(2)5-9(3)17-12-11(16-13(17)18)6-10(14)7-15-12/h6-9H,4-5H2,1-3H3,(H,16,18). The van der Waals surface area contributed by atoms with Crippen molar-refractivity contribution in [2.24, 2.45) is 5.92 Å². The molecule has 3 nitrogen and oxygen atoms in total. The van der Waals surface area contributed by atoms with Gasteiger partial charge in [-0.25, -0.2) is 4.98 Å². The Hall–Kier alpha value is -0.870. The number of nitrogens with zero attached hydrogens (tertiary/aromatic N) is 2. The fourth-order valence-corrected chi connectivity index (χ4v) is 2.79. The molecule has 2 unspecified atom stereocenters. The van der Waals surface area contributed by atoms with Gasteiger partial charge in [-0.2, -0.15) is 0 Å². The molecule has 0 spiro atoms. The van der Waals surface area contributed by atoms with Crippen molar-refractivity contribution in [1.82, 2.24) is 14.5 Å². The van der Waals surface area contributed by atoms with E-state index in [1.54, 1.807) is 6.20 Å². The van der Waals surface area contributed by atoms with Gasteiger partial charge in [0.2, 0.25) is 0 Å².